The molecule has 0 aliphatic heterocycles. The molecule has 2 nitrogen and oxygen atoms in total. The predicted molar refractivity (Wildman–Crippen MR) is 62.6 cm³/mol. The Bertz CT molecular complexity index is 63.6. The molecule has 0 bridgehead atoms. The van der Waals surface area contributed by atoms with Crippen molar-refractivity contribution in [3.63, 3.8) is 0 Å². The van der Waals surface area contributed by atoms with Crippen molar-refractivity contribution in [3.05, 3.63) is 25.3 Å². The third kappa shape index (κ3) is 83.0. The van der Waals surface area contributed by atoms with E-state index in [1.807, 2.05) is 0 Å². The van der Waals surface area contributed by atoms with E-state index in [1.165, 1.54) is 12.2 Å². The summed E-state index contributed by atoms with van der Waals surface area (Å²) in [7, 11) is 0. The van der Waals surface area contributed by atoms with E-state index in [0.717, 1.165) is 0 Å². The van der Waals surface area contributed by atoms with Crippen LogP contribution in [0.5, 0.6) is 0 Å². The number of hydrogen-bond donors (Lipinski definition) is 2. The van der Waals surface area contributed by atoms with E-state index < -0.39 is 0 Å². The maximum atomic E-state index is 7.76. The van der Waals surface area contributed by atoms with Crippen molar-refractivity contribution in [3.8, 4) is 0 Å². The molecule has 11 heavy (non-hydrogen) atoms. The second-order valence-electron chi connectivity index (χ2n) is 1.01. The fourth-order valence-electron chi connectivity index (χ4n) is 0. The second-order valence-corrected chi connectivity index (χ2v) is 14.2. The summed E-state index contributed by atoms with van der Waals surface area (Å²) in [6, 6.07) is 0. The first kappa shape index (κ1) is 18.4. The molecule has 0 radical (unpaired) electrons. The second kappa shape index (κ2) is 29.9. The first-order valence-corrected chi connectivity index (χ1v) is 12.7. The Kier molecular flexibility index (Phi) is 50.0. The fraction of sp³-hybridized carbons (Fsp3) is 0.333. The van der Waals surface area contributed by atoms with Gasteiger partial charge in [0.15, 0.2) is 0 Å². The zero-order valence-corrected chi connectivity index (χ0v) is 12.0. The Balaban J connectivity index is -0.0000000886. The van der Waals surface area contributed by atoms with Crippen molar-refractivity contribution in [2.45, 2.75) is 0 Å². The van der Waals surface area contributed by atoms with E-state index in [2.05, 4.69) is 51.5 Å². The van der Waals surface area contributed by atoms with Crippen LogP contribution in [-0.2, 0) is 11.7 Å². The molecule has 0 aromatic heterocycles. The zero-order valence-electron chi connectivity index (χ0n) is 6.13. The Morgan fingerprint density at radius 3 is 1.18 bits per heavy atom. The molecule has 0 fully saturated rings. The van der Waals surface area contributed by atoms with Gasteiger partial charge in [-0.2, -0.15) is 0 Å². The van der Waals surface area contributed by atoms with E-state index in [0.29, 0.717) is 11.7 Å². The Morgan fingerprint density at radius 2 is 1.18 bits per heavy atom. The van der Waals surface area contributed by atoms with Crippen molar-refractivity contribution in [1.29, 1.82) is 0 Å². The van der Waals surface area contributed by atoms with Crippen LogP contribution in [0.4, 0.5) is 0 Å². The van der Waals surface area contributed by atoms with Crippen LogP contribution >= 0.6 is 38.4 Å². The van der Waals surface area contributed by atoms with Gasteiger partial charge in [0.25, 0.3) is 0 Å². The summed E-state index contributed by atoms with van der Waals surface area (Å²) in [4.78, 5) is 0. The third-order valence-corrected chi connectivity index (χ3v) is 0.258. The van der Waals surface area contributed by atoms with Crippen molar-refractivity contribution in [1.82, 2.24) is 0 Å². The van der Waals surface area contributed by atoms with Gasteiger partial charge < -0.3 is 10.2 Å². The van der Waals surface area contributed by atoms with Crippen LogP contribution in [0.2, 0.25) is 0 Å². The molecule has 66 valence electrons. The number of aliphatic hydroxyl groups excluding tert-OH is 2. The average Bonchev–Trinajstić information content (AvgIpc) is 2.06. The molecule has 0 amide bonds. The van der Waals surface area contributed by atoms with Gasteiger partial charge in [0.05, 0.1) is 13.2 Å². The topological polar surface area (TPSA) is 40.5 Å². The average molecular weight is 418 g/mol. The zero-order chi connectivity index (χ0) is 9.54. The van der Waals surface area contributed by atoms with Gasteiger partial charge in [-0.05, 0) is 0 Å². The van der Waals surface area contributed by atoms with Crippen LogP contribution in [0.1, 0.15) is 0 Å². The van der Waals surface area contributed by atoms with Gasteiger partial charge in [0.2, 0.25) is 0 Å². The van der Waals surface area contributed by atoms with Crippen LogP contribution in [0.25, 0.3) is 0 Å². The van der Waals surface area contributed by atoms with Gasteiger partial charge in [0.1, 0.15) is 0 Å². The summed E-state index contributed by atoms with van der Waals surface area (Å²) in [5.41, 5.74) is 0. The van der Waals surface area contributed by atoms with Gasteiger partial charge in [-0.3, -0.25) is 0 Å². The van der Waals surface area contributed by atoms with Gasteiger partial charge in [-0.25, -0.2) is 0 Å². The Morgan fingerprint density at radius 1 is 1.09 bits per heavy atom. The number of halogens is 2. The summed E-state index contributed by atoms with van der Waals surface area (Å²) in [6.45, 7) is 6.62. The Hall–Kier alpha value is 1.57. The summed E-state index contributed by atoms with van der Waals surface area (Å²) >= 11 is 5.24. The molecule has 2 N–H and O–H groups in total. The molecule has 0 aromatic carbocycles. The molecule has 0 atom stereocenters. The van der Waals surface area contributed by atoms with Crippen molar-refractivity contribution >= 4 is 38.4 Å². The van der Waals surface area contributed by atoms with Crippen LogP contribution in [0, 0.1) is 0 Å². The minimum absolute atomic E-state index is 0.0833. The molecule has 0 aromatic rings. The first-order chi connectivity index (χ1) is 5.24. The SMILES string of the molecule is C=CCO.C=CCO.[I][Ti][I]. The van der Waals surface area contributed by atoms with E-state index in [-0.39, 0.29) is 13.2 Å². The van der Waals surface area contributed by atoms with Crippen LogP contribution in [0.15, 0.2) is 25.3 Å². The molecule has 0 heterocycles. The number of hydrogen-bond acceptors (Lipinski definition) is 2. The predicted octanol–water partition coefficient (Wildman–Crippen LogP) is 2.10. The molecule has 0 aliphatic carbocycles. The van der Waals surface area contributed by atoms with Crippen molar-refractivity contribution in [2.24, 2.45) is 0 Å². The van der Waals surface area contributed by atoms with Gasteiger partial charge in [-0.1, -0.05) is 12.2 Å². The first-order valence-electron chi connectivity index (χ1n) is 2.64. The molecular weight excluding hydrogens is 406 g/mol. The van der Waals surface area contributed by atoms with E-state index in [9.17, 15) is 0 Å². The molecule has 5 heteroatoms. The van der Waals surface area contributed by atoms with Gasteiger partial charge in [-0.15, -0.1) is 13.2 Å². The van der Waals surface area contributed by atoms with E-state index in [4.69, 9.17) is 10.2 Å². The molecule has 0 saturated carbocycles. The van der Waals surface area contributed by atoms with Gasteiger partial charge in [0, 0.05) is 0 Å². The molecule has 0 spiro atoms. The van der Waals surface area contributed by atoms with Crippen LogP contribution in [0.3, 0.4) is 0 Å². The van der Waals surface area contributed by atoms with Gasteiger partial charge >= 0.3 is 50.0 Å². The third-order valence-electron chi connectivity index (χ3n) is 0.258. The molecule has 0 saturated heterocycles. The standard InChI is InChI=1S/2C3H6O.2HI.Ti/c2*1-2-3-4;;;/h2*2,4H,1,3H2;2*1H;/q;;;;+2/p-2. The minimum atomic E-state index is 0.0833. The normalized spacial score (nSPS) is 5.82. The van der Waals surface area contributed by atoms with E-state index in [1.54, 1.807) is 0 Å². The quantitative estimate of drug-likeness (QED) is 0.410. The summed E-state index contributed by atoms with van der Waals surface area (Å²) in [5.74, 6) is 0. The summed E-state index contributed by atoms with van der Waals surface area (Å²) in [5, 5.41) is 15.5. The van der Waals surface area contributed by atoms with Crippen LogP contribution in [-0.4, -0.2) is 23.4 Å². The summed E-state index contributed by atoms with van der Waals surface area (Å²) < 4.78 is 0. The molecule has 0 aliphatic rings. The molecular formula is C6H12I2O2Ti. The summed E-state index contributed by atoms with van der Waals surface area (Å²) in [6.07, 6.45) is 2.86. The van der Waals surface area contributed by atoms with Crippen LogP contribution < -0.4 is 0 Å². The Labute approximate surface area is 97.4 Å². The monoisotopic (exact) mass is 418 g/mol. The number of aliphatic hydroxyl groups is 2. The fourth-order valence-corrected chi connectivity index (χ4v) is 0. The van der Waals surface area contributed by atoms with E-state index >= 15 is 0 Å². The molecule has 0 rings (SSSR count). The number of rotatable bonds is 2. The van der Waals surface area contributed by atoms with Crippen molar-refractivity contribution in [2.75, 3.05) is 13.2 Å². The van der Waals surface area contributed by atoms with Crippen molar-refractivity contribution < 1.29 is 21.9 Å². The molecule has 0 unspecified atom stereocenters. The maximum absolute atomic E-state index is 7.76.